The van der Waals surface area contributed by atoms with E-state index in [1.54, 1.807) is 0 Å². The summed E-state index contributed by atoms with van der Waals surface area (Å²) in [7, 11) is 0. The van der Waals surface area contributed by atoms with Crippen LogP contribution in [0.25, 0.3) is 0 Å². The summed E-state index contributed by atoms with van der Waals surface area (Å²) in [4.78, 5) is 0. The Morgan fingerprint density at radius 2 is 1.89 bits per heavy atom. The van der Waals surface area contributed by atoms with Crippen molar-refractivity contribution in [1.82, 2.24) is 5.32 Å². The number of hydrogen-bond donors (Lipinski definition) is 1. The van der Waals surface area contributed by atoms with Gasteiger partial charge in [-0.15, -0.1) is 0 Å². The van der Waals surface area contributed by atoms with Crippen molar-refractivity contribution < 1.29 is 0 Å². The van der Waals surface area contributed by atoms with Crippen LogP contribution in [-0.4, -0.2) is 12.6 Å². The SMILES string of the molecule is C1CC[C@@H]2CCNC2C1. The highest BCUT2D eigenvalue weighted by molar-refractivity contribution is 4.86. The molecule has 2 fully saturated rings. The molecule has 2 rings (SSSR count). The van der Waals surface area contributed by atoms with Crippen LogP contribution in [0.1, 0.15) is 32.1 Å². The van der Waals surface area contributed by atoms with Gasteiger partial charge in [0, 0.05) is 6.04 Å². The molecule has 1 heteroatoms. The first-order valence-electron chi connectivity index (χ1n) is 4.20. The Kier molecular flexibility index (Phi) is 1.46. The van der Waals surface area contributed by atoms with Crippen molar-refractivity contribution in [3.63, 3.8) is 0 Å². The molecule has 1 nitrogen and oxygen atoms in total. The van der Waals surface area contributed by atoms with Crippen LogP contribution < -0.4 is 5.32 Å². The van der Waals surface area contributed by atoms with Crippen molar-refractivity contribution in [2.24, 2.45) is 5.92 Å². The van der Waals surface area contributed by atoms with Gasteiger partial charge in [0.05, 0.1) is 0 Å². The van der Waals surface area contributed by atoms with E-state index in [2.05, 4.69) is 5.32 Å². The lowest BCUT2D eigenvalue weighted by Crippen LogP contribution is -2.29. The average molecular weight is 125 g/mol. The molecule has 0 radical (unpaired) electrons. The fraction of sp³-hybridized carbons (Fsp3) is 1.00. The third kappa shape index (κ3) is 0.983. The largest absolute Gasteiger partial charge is 0.314 e. The second-order valence-corrected chi connectivity index (χ2v) is 3.39. The van der Waals surface area contributed by atoms with Crippen LogP contribution in [0.3, 0.4) is 0 Å². The molecular formula is C8H15N. The van der Waals surface area contributed by atoms with Gasteiger partial charge >= 0.3 is 0 Å². The van der Waals surface area contributed by atoms with Crippen LogP contribution in [0, 0.1) is 5.92 Å². The molecule has 2 aliphatic rings. The summed E-state index contributed by atoms with van der Waals surface area (Å²) in [6.45, 7) is 1.29. The van der Waals surface area contributed by atoms with Gasteiger partial charge < -0.3 is 5.32 Å². The predicted molar refractivity (Wildman–Crippen MR) is 38.4 cm³/mol. The highest BCUT2D eigenvalue weighted by atomic mass is 15.0. The predicted octanol–water partition coefficient (Wildman–Crippen LogP) is 1.54. The molecule has 9 heavy (non-hydrogen) atoms. The fourth-order valence-electron chi connectivity index (χ4n) is 2.28. The number of hydrogen-bond acceptors (Lipinski definition) is 1. The van der Waals surface area contributed by atoms with Gasteiger partial charge in [-0.25, -0.2) is 0 Å². The molecule has 1 aliphatic carbocycles. The Hall–Kier alpha value is -0.0400. The molecule has 1 N–H and O–H groups in total. The van der Waals surface area contributed by atoms with E-state index < -0.39 is 0 Å². The minimum atomic E-state index is 0.916. The summed E-state index contributed by atoms with van der Waals surface area (Å²) in [5, 5.41) is 3.56. The molecule has 0 aromatic carbocycles. The van der Waals surface area contributed by atoms with Crippen LogP contribution in [0.2, 0.25) is 0 Å². The highest BCUT2D eigenvalue weighted by Gasteiger charge is 2.28. The summed E-state index contributed by atoms with van der Waals surface area (Å²) in [5.41, 5.74) is 0. The van der Waals surface area contributed by atoms with Crippen molar-refractivity contribution in [3.8, 4) is 0 Å². The second-order valence-electron chi connectivity index (χ2n) is 3.39. The molecule has 0 aromatic rings. The minimum absolute atomic E-state index is 0.916. The summed E-state index contributed by atoms with van der Waals surface area (Å²) in [6, 6.07) is 0.916. The maximum atomic E-state index is 3.56. The Bertz CT molecular complexity index is 88.7. The van der Waals surface area contributed by atoms with Gasteiger partial charge in [0.25, 0.3) is 0 Å². The van der Waals surface area contributed by atoms with Crippen molar-refractivity contribution in [2.75, 3.05) is 6.54 Å². The summed E-state index contributed by atoms with van der Waals surface area (Å²) in [6.07, 6.45) is 7.35. The Balaban J connectivity index is 1.97. The quantitative estimate of drug-likeness (QED) is 0.518. The Labute approximate surface area is 56.8 Å². The molecular weight excluding hydrogens is 110 g/mol. The van der Waals surface area contributed by atoms with E-state index in [-0.39, 0.29) is 0 Å². The van der Waals surface area contributed by atoms with Crippen molar-refractivity contribution >= 4 is 0 Å². The van der Waals surface area contributed by atoms with Gasteiger partial charge in [-0.1, -0.05) is 12.8 Å². The lowest BCUT2D eigenvalue weighted by atomic mass is 9.86. The van der Waals surface area contributed by atoms with Crippen LogP contribution in [0.5, 0.6) is 0 Å². The van der Waals surface area contributed by atoms with E-state index in [1.807, 2.05) is 0 Å². The summed E-state index contributed by atoms with van der Waals surface area (Å²) >= 11 is 0. The van der Waals surface area contributed by atoms with Crippen molar-refractivity contribution in [1.29, 1.82) is 0 Å². The van der Waals surface area contributed by atoms with E-state index in [1.165, 1.54) is 38.6 Å². The molecule has 0 aromatic heterocycles. The van der Waals surface area contributed by atoms with Gasteiger partial charge in [-0.05, 0) is 31.7 Å². The van der Waals surface area contributed by atoms with Crippen LogP contribution in [-0.2, 0) is 0 Å². The smallest absolute Gasteiger partial charge is 0.00958 e. The zero-order valence-electron chi connectivity index (χ0n) is 5.90. The molecule has 0 amide bonds. The normalized spacial score (nSPS) is 42.7. The average Bonchev–Trinajstić information content (AvgIpc) is 2.33. The standard InChI is InChI=1S/C8H15N/c1-2-4-8-7(3-1)5-6-9-8/h7-9H,1-6H2/t7-,8?/m1/s1. The molecule has 0 bridgehead atoms. The summed E-state index contributed by atoms with van der Waals surface area (Å²) < 4.78 is 0. The van der Waals surface area contributed by atoms with E-state index in [9.17, 15) is 0 Å². The first kappa shape index (κ1) is 5.72. The molecule has 1 aliphatic heterocycles. The van der Waals surface area contributed by atoms with Gasteiger partial charge in [-0.3, -0.25) is 0 Å². The van der Waals surface area contributed by atoms with Gasteiger partial charge in [0.2, 0.25) is 0 Å². The maximum Gasteiger partial charge on any atom is 0.00958 e. The van der Waals surface area contributed by atoms with Gasteiger partial charge in [0.1, 0.15) is 0 Å². The minimum Gasteiger partial charge on any atom is -0.314 e. The molecule has 0 spiro atoms. The number of rotatable bonds is 0. The summed E-state index contributed by atoms with van der Waals surface area (Å²) in [5.74, 6) is 1.05. The number of fused-ring (bicyclic) bond motifs is 1. The van der Waals surface area contributed by atoms with Crippen molar-refractivity contribution in [2.45, 2.75) is 38.1 Å². The third-order valence-electron chi connectivity index (χ3n) is 2.83. The maximum absolute atomic E-state index is 3.56. The van der Waals surface area contributed by atoms with Crippen molar-refractivity contribution in [3.05, 3.63) is 0 Å². The van der Waals surface area contributed by atoms with Crippen LogP contribution in [0.15, 0.2) is 0 Å². The zero-order chi connectivity index (χ0) is 6.10. The molecule has 1 saturated carbocycles. The lowest BCUT2D eigenvalue weighted by Gasteiger charge is -2.24. The van der Waals surface area contributed by atoms with Crippen LogP contribution in [0.4, 0.5) is 0 Å². The van der Waals surface area contributed by atoms with Gasteiger partial charge in [-0.2, -0.15) is 0 Å². The first-order chi connectivity index (χ1) is 4.47. The van der Waals surface area contributed by atoms with E-state index in [0.717, 1.165) is 12.0 Å². The fourth-order valence-corrected chi connectivity index (χ4v) is 2.28. The first-order valence-corrected chi connectivity index (χ1v) is 4.20. The monoisotopic (exact) mass is 125 g/mol. The second kappa shape index (κ2) is 2.30. The topological polar surface area (TPSA) is 12.0 Å². The van der Waals surface area contributed by atoms with Gasteiger partial charge in [0.15, 0.2) is 0 Å². The van der Waals surface area contributed by atoms with E-state index >= 15 is 0 Å². The van der Waals surface area contributed by atoms with E-state index in [0.29, 0.717) is 0 Å². The molecule has 2 atom stereocenters. The Morgan fingerprint density at radius 1 is 1.00 bits per heavy atom. The molecule has 1 saturated heterocycles. The van der Waals surface area contributed by atoms with E-state index in [4.69, 9.17) is 0 Å². The lowest BCUT2D eigenvalue weighted by molar-refractivity contribution is 0.326. The van der Waals surface area contributed by atoms with Crippen LogP contribution >= 0.6 is 0 Å². The number of nitrogens with one attached hydrogen (secondary N) is 1. The third-order valence-corrected chi connectivity index (χ3v) is 2.83. The highest BCUT2D eigenvalue weighted by Crippen LogP contribution is 2.29. The molecule has 1 heterocycles. The zero-order valence-corrected chi connectivity index (χ0v) is 5.90. The molecule has 52 valence electrons. The molecule has 1 unspecified atom stereocenters. The Morgan fingerprint density at radius 3 is 2.78 bits per heavy atom.